The highest BCUT2D eigenvalue weighted by Gasteiger charge is 2.09. The van der Waals surface area contributed by atoms with E-state index in [2.05, 4.69) is 36.2 Å². The molecule has 0 radical (unpaired) electrons. The molecule has 0 aliphatic heterocycles. The molecule has 1 N–H and O–H groups in total. The van der Waals surface area contributed by atoms with Gasteiger partial charge in [0.15, 0.2) is 5.88 Å². The van der Waals surface area contributed by atoms with Gasteiger partial charge in [-0.05, 0) is 29.8 Å². The first-order valence-corrected chi connectivity index (χ1v) is 6.38. The minimum atomic E-state index is -0.398. The fraction of sp³-hybridized carbons (Fsp3) is 0.143. The van der Waals surface area contributed by atoms with E-state index in [4.69, 9.17) is 4.52 Å². The standard InChI is InChI=1S/C14H14NO2P/c1-10(15-11(2)17-18-16)13-9-5-7-12-6-3-4-8-14(12)13/h3-10,15H,2H2,1H3/t10-/m1/s1. The van der Waals surface area contributed by atoms with E-state index < -0.39 is 8.69 Å². The maximum atomic E-state index is 10.3. The van der Waals surface area contributed by atoms with Crippen LogP contribution in [0.1, 0.15) is 18.5 Å². The summed E-state index contributed by atoms with van der Waals surface area (Å²) >= 11 is 0. The summed E-state index contributed by atoms with van der Waals surface area (Å²) in [5.74, 6) is 0.298. The van der Waals surface area contributed by atoms with Crippen LogP contribution in [0.15, 0.2) is 54.9 Å². The van der Waals surface area contributed by atoms with E-state index in [-0.39, 0.29) is 6.04 Å². The molecule has 3 nitrogen and oxygen atoms in total. The highest BCUT2D eigenvalue weighted by Crippen LogP contribution is 2.24. The molecule has 4 heteroatoms. The summed E-state index contributed by atoms with van der Waals surface area (Å²) in [6.07, 6.45) is 0. The Balaban J connectivity index is 2.30. The van der Waals surface area contributed by atoms with Crippen LogP contribution in [-0.4, -0.2) is 0 Å². The Kier molecular flexibility index (Phi) is 3.96. The SMILES string of the molecule is C=C(N[C@H](C)c1cccc2ccccc12)OP=O. The summed E-state index contributed by atoms with van der Waals surface area (Å²) in [6.45, 7) is 5.66. The summed E-state index contributed by atoms with van der Waals surface area (Å²) in [5, 5.41) is 5.44. The lowest BCUT2D eigenvalue weighted by atomic mass is 10.00. The first-order valence-electron chi connectivity index (χ1n) is 5.65. The van der Waals surface area contributed by atoms with Crippen molar-refractivity contribution in [2.24, 2.45) is 0 Å². The molecule has 0 saturated heterocycles. The number of nitrogens with one attached hydrogen (secondary N) is 1. The van der Waals surface area contributed by atoms with E-state index in [0.717, 1.165) is 5.56 Å². The molecule has 0 heterocycles. The van der Waals surface area contributed by atoms with Gasteiger partial charge in [0.2, 0.25) is 0 Å². The smallest absolute Gasteiger partial charge is 0.391 e. The molecule has 0 aliphatic rings. The minimum Gasteiger partial charge on any atom is -0.391 e. The van der Waals surface area contributed by atoms with Gasteiger partial charge < -0.3 is 9.84 Å². The Morgan fingerprint density at radius 2 is 2.00 bits per heavy atom. The van der Waals surface area contributed by atoms with Gasteiger partial charge in [-0.2, -0.15) is 0 Å². The third-order valence-corrected chi connectivity index (χ3v) is 3.11. The molecule has 0 amide bonds. The third kappa shape index (κ3) is 2.69. The topological polar surface area (TPSA) is 38.3 Å². The monoisotopic (exact) mass is 259 g/mol. The third-order valence-electron chi connectivity index (χ3n) is 2.81. The quantitative estimate of drug-likeness (QED) is 0.646. The van der Waals surface area contributed by atoms with Crippen LogP contribution in [0, 0.1) is 0 Å². The lowest BCUT2D eigenvalue weighted by Gasteiger charge is -2.17. The Morgan fingerprint density at radius 3 is 2.78 bits per heavy atom. The summed E-state index contributed by atoms with van der Waals surface area (Å²) in [4.78, 5) is 0. The number of benzene rings is 2. The van der Waals surface area contributed by atoms with Gasteiger partial charge in [0.05, 0.1) is 6.04 Å². The lowest BCUT2D eigenvalue weighted by molar-refractivity contribution is 0.386. The average molecular weight is 259 g/mol. The Hall–Kier alpha value is -1.86. The van der Waals surface area contributed by atoms with Crippen LogP contribution in [0.5, 0.6) is 0 Å². The molecular formula is C14H14NO2P. The van der Waals surface area contributed by atoms with Crippen LogP contribution in [0.4, 0.5) is 0 Å². The first kappa shape index (κ1) is 12.6. The van der Waals surface area contributed by atoms with Crippen molar-refractivity contribution in [1.29, 1.82) is 0 Å². The van der Waals surface area contributed by atoms with Crippen LogP contribution in [0.25, 0.3) is 10.8 Å². The molecule has 2 aromatic rings. The zero-order chi connectivity index (χ0) is 13.0. The van der Waals surface area contributed by atoms with Gasteiger partial charge in [0.1, 0.15) is 0 Å². The van der Waals surface area contributed by atoms with E-state index in [1.807, 2.05) is 25.1 Å². The van der Waals surface area contributed by atoms with Crippen molar-refractivity contribution in [2.45, 2.75) is 13.0 Å². The molecule has 18 heavy (non-hydrogen) atoms. The van der Waals surface area contributed by atoms with E-state index in [1.165, 1.54) is 10.8 Å². The molecular weight excluding hydrogens is 245 g/mol. The second kappa shape index (κ2) is 5.65. The zero-order valence-corrected chi connectivity index (χ0v) is 11.0. The fourth-order valence-electron chi connectivity index (χ4n) is 2.02. The van der Waals surface area contributed by atoms with Gasteiger partial charge in [-0.3, -0.25) is 0 Å². The molecule has 0 unspecified atom stereocenters. The van der Waals surface area contributed by atoms with Crippen LogP contribution in [-0.2, 0) is 9.09 Å². The fourth-order valence-corrected chi connectivity index (χ4v) is 2.16. The summed E-state index contributed by atoms with van der Waals surface area (Å²) < 4.78 is 15.1. The van der Waals surface area contributed by atoms with Crippen molar-refractivity contribution in [1.82, 2.24) is 5.32 Å². The highest BCUT2D eigenvalue weighted by molar-refractivity contribution is 7.17. The molecule has 0 aromatic heterocycles. The second-order valence-electron chi connectivity index (χ2n) is 4.02. The maximum Gasteiger partial charge on any atom is 0.397 e. The predicted molar refractivity (Wildman–Crippen MR) is 73.3 cm³/mol. The maximum absolute atomic E-state index is 10.3. The van der Waals surface area contributed by atoms with Gasteiger partial charge in [0.25, 0.3) is 0 Å². The molecule has 0 spiro atoms. The van der Waals surface area contributed by atoms with Crippen LogP contribution >= 0.6 is 8.69 Å². The molecule has 0 saturated carbocycles. The van der Waals surface area contributed by atoms with Crippen molar-refractivity contribution in [3.05, 3.63) is 60.5 Å². The number of rotatable bonds is 5. The lowest BCUT2D eigenvalue weighted by Crippen LogP contribution is -2.17. The molecule has 0 fully saturated rings. The van der Waals surface area contributed by atoms with Gasteiger partial charge in [0, 0.05) is 0 Å². The zero-order valence-electron chi connectivity index (χ0n) is 10.1. The average Bonchev–Trinajstić information content (AvgIpc) is 2.38. The van der Waals surface area contributed by atoms with Gasteiger partial charge in [-0.25, -0.2) is 4.57 Å². The van der Waals surface area contributed by atoms with E-state index >= 15 is 0 Å². The van der Waals surface area contributed by atoms with Crippen LogP contribution in [0.3, 0.4) is 0 Å². The van der Waals surface area contributed by atoms with Crippen molar-refractivity contribution in [3.63, 3.8) is 0 Å². The van der Waals surface area contributed by atoms with E-state index in [1.54, 1.807) is 0 Å². The Morgan fingerprint density at radius 1 is 1.28 bits per heavy atom. The van der Waals surface area contributed by atoms with Crippen LogP contribution < -0.4 is 5.32 Å². The normalized spacial score (nSPS) is 12.3. The Labute approximate surface area is 108 Å². The van der Waals surface area contributed by atoms with Crippen molar-refractivity contribution in [3.8, 4) is 0 Å². The van der Waals surface area contributed by atoms with Crippen LogP contribution in [0.2, 0.25) is 0 Å². The first-order chi connectivity index (χ1) is 8.72. The number of fused-ring (bicyclic) bond motifs is 1. The summed E-state index contributed by atoms with van der Waals surface area (Å²) in [6, 6.07) is 14.4. The van der Waals surface area contributed by atoms with Crippen molar-refractivity contribution < 1.29 is 9.09 Å². The number of hydrogen-bond acceptors (Lipinski definition) is 3. The molecule has 0 aliphatic carbocycles. The minimum absolute atomic E-state index is 0.0327. The van der Waals surface area contributed by atoms with Crippen molar-refractivity contribution in [2.75, 3.05) is 0 Å². The summed E-state index contributed by atoms with van der Waals surface area (Å²) in [7, 11) is -0.398. The van der Waals surface area contributed by atoms with Gasteiger partial charge >= 0.3 is 8.69 Å². The Bertz CT molecular complexity index is 578. The largest absolute Gasteiger partial charge is 0.397 e. The molecule has 2 aromatic carbocycles. The molecule has 1 atom stereocenters. The molecule has 0 bridgehead atoms. The highest BCUT2D eigenvalue weighted by atomic mass is 31.1. The summed E-state index contributed by atoms with van der Waals surface area (Å²) in [5.41, 5.74) is 1.15. The second-order valence-corrected chi connectivity index (χ2v) is 4.36. The van der Waals surface area contributed by atoms with Gasteiger partial charge in [-0.1, -0.05) is 42.5 Å². The van der Waals surface area contributed by atoms with E-state index in [9.17, 15) is 4.57 Å². The van der Waals surface area contributed by atoms with Gasteiger partial charge in [-0.15, -0.1) is 0 Å². The predicted octanol–water partition coefficient (Wildman–Crippen LogP) is 4.18. The number of hydrogen-bond donors (Lipinski definition) is 1. The van der Waals surface area contributed by atoms with E-state index in [0.29, 0.717) is 5.88 Å². The van der Waals surface area contributed by atoms with Crippen molar-refractivity contribution >= 4 is 19.5 Å². The molecule has 2 rings (SSSR count). The molecule has 92 valence electrons.